The molecular formula is C12H15NO3. The molecule has 1 aromatic rings. The molecule has 0 aliphatic carbocycles. The number of rotatable bonds is 3. The van der Waals surface area contributed by atoms with E-state index in [0.29, 0.717) is 18.8 Å². The quantitative estimate of drug-likeness (QED) is 0.779. The number of ether oxygens (including phenoxy) is 2. The lowest BCUT2D eigenvalue weighted by Crippen LogP contribution is -2.56. The third kappa shape index (κ3) is 2.59. The average Bonchev–Trinajstić information content (AvgIpc) is 2.30. The number of hydrogen-bond acceptors (Lipinski definition) is 4. The van der Waals surface area contributed by atoms with Gasteiger partial charge in [0, 0.05) is 12.1 Å². The van der Waals surface area contributed by atoms with Crippen molar-refractivity contribution in [3.63, 3.8) is 0 Å². The highest BCUT2D eigenvalue weighted by Gasteiger charge is 2.28. The van der Waals surface area contributed by atoms with Crippen LogP contribution < -0.4 is 10.1 Å². The largest absolute Gasteiger partial charge is 0.471 e. The summed E-state index contributed by atoms with van der Waals surface area (Å²) < 4.78 is 11.1. The van der Waals surface area contributed by atoms with E-state index in [1.165, 1.54) is 0 Å². The number of nitrogens with one attached hydrogen (secondary N) is 1. The van der Waals surface area contributed by atoms with Gasteiger partial charge in [-0.25, -0.2) is 0 Å². The molecule has 16 heavy (non-hydrogen) atoms. The van der Waals surface area contributed by atoms with E-state index in [2.05, 4.69) is 5.32 Å². The summed E-state index contributed by atoms with van der Waals surface area (Å²) in [7, 11) is 0. The second-order valence-electron chi connectivity index (χ2n) is 4.00. The van der Waals surface area contributed by atoms with Gasteiger partial charge in [0.2, 0.25) is 0 Å². The van der Waals surface area contributed by atoms with Crippen LogP contribution in [0.1, 0.15) is 17.3 Å². The van der Waals surface area contributed by atoms with Crippen LogP contribution in [-0.2, 0) is 4.74 Å². The van der Waals surface area contributed by atoms with E-state index in [1.807, 2.05) is 6.92 Å². The Bertz CT molecular complexity index is 355. The van der Waals surface area contributed by atoms with Crippen LogP contribution in [0.15, 0.2) is 24.3 Å². The molecule has 1 aliphatic heterocycles. The molecular weight excluding hydrogens is 206 g/mol. The van der Waals surface area contributed by atoms with Crippen molar-refractivity contribution >= 4 is 6.29 Å². The highest BCUT2D eigenvalue weighted by Crippen LogP contribution is 2.18. The molecule has 4 heteroatoms. The summed E-state index contributed by atoms with van der Waals surface area (Å²) in [6.07, 6.45) is 0.813. The van der Waals surface area contributed by atoms with Gasteiger partial charge in [-0.15, -0.1) is 0 Å². The lowest BCUT2D eigenvalue weighted by atomic mass is 10.2. The maximum Gasteiger partial charge on any atom is 0.181 e. The maximum atomic E-state index is 10.5. The zero-order chi connectivity index (χ0) is 11.4. The van der Waals surface area contributed by atoms with Gasteiger partial charge in [0.1, 0.15) is 18.6 Å². The Morgan fingerprint density at radius 3 is 2.75 bits per heavy atom. The summed E-state index contributed by atoms with van der Waals surface area (Å²) in [5.74, 6) is 0.728. The number of benzene rings is 1. The summed E-state index contributed by atoms with van der Waals surface area (Å²) in [6, 6.07) is 7.03. The first-order valence-electron chi connectivity index (χ1n) is 5.29. The van der Waals surface area contributed by atoms with Crippen LogP contribution in [-0.4, -0.2) is 31.8 Å². The predicted molar refractivity (Wildman–Crippen MR) is 59.7 cm³/mol. The molecule has 86 valence electrons. The van der Waals surface area contributed by atoms with Crippen molar-refractivity contribution < 1.29 is 14.3 Å². The lowest BCUT2D eigenvalue weighted by Gasteiger charge is -2.35. The first kappa shape index (κ1) is 11.1. The fourth-order valence-corrected chi connectivity index (χ4v) is 1.65. The highest BCUT2D eigenvalue weighted by atomic mass is 16.6. The average molecular weight is 221 g/mol. The Balaban J connectivity index is 2.04. The van der Waals surface area contributed by atoms with E-state index in [9.17, 15) is 4.79 Å². The molecule has 0 radical (unpaired) electrons. The van der Waals surface area contributed by atoms with E-state index in [0.717, 1.165) is 18.6 Å². The minimum absolute atomic E-state index is 0.485. The smallest absolute Gasteiger partial charge is 0.181 e. The second kappa shape index (κ2) is 4.63. The van der Waals surface area contributed by atoms with E-state index in [1.54, 1.807) is 24.3 Å². The van der Waals surface area contributed by atoms with Gasteiger partial charge in [-0.05, 0) is 31.2 Å². The normalized spacial score (nSPS) is 25.1. The van der Waals surface area contributed by atoms with Crippen molar-refractivity contribution in [1.29, 1.82) is 0 Å². The van der Waals surface area contributed by atoms with Crippen LogP contribution in [0.2, 0.25) is 0 Å². The SMILES string of the molecule is C[C@@]1(Oc2ccc(C=O)cc2)COCCN1. The highest BCUT2D eigenvalue weighted by molar-refractivity contribution is 5.74. The van der Waals surface area contributed by atoms with Crippen LogP contribution in [0, 0.1) is 0 Å². The monoisotopic (exact) mass is 221 g/mol. The molecule has 1 aliphatic rings. The minimum Gasteiger partial charge on any atom is -0.471 e. The number of hydrogen-bond donors (Lipinski definition) is 1. The van der Waals surface area contributed by atoms with Gasteiger partial charge in [-0.1, -0.05) is 0 Å². The Labute approximate surface area is 94.6 Å². The van der Waals surface area contributed by atoms with Crippen molar-refractivity contribution in [3.8, 4) is 5.75 Å². The third-order valence-corrected chi connectivity index (χ3v) is 2.48. The molecule has 1 atom stereocenters. The first-order valence-corrected chi connectivity index (χ1v) is 5.29. The number of carbonyl (C=O) groups excluding carboxylic acids is 1. The molecule has 1 N–H and O–H groups in total. The Morgan fingerprint density at radius 2 is 2.19 bits per heavy atom. The molecule has 4 nitrogen and oxygen atoms in total. The van der Waals surface area contributed by atoms with Crippen molar-refractivity contribution in [3.05, 3.63) is 29.8 Å². The van der Waals surface area contributed by atoms with Gasteiger partial charge in [-0.2, -0.15) is 0 Å². The van der Waals surface area contributed by atoms with Crippen molar-refractivity contribution in [1.82, 2.24) is 5.32 Å². The predicted octanol–water partition coefficient (Wildman–Crippen LogP) is 1.21. The third-order valence-electron chi connectivity index (χ3n) is 2.48. The minimum atomic E-state index is -0.485. The van der Waals surface area contributed by atoms with Gasteiger partial charge in [0.25, 0.3) is 0 Å². The standard InChI is InChI=1S/C12H15NO3/c1-12(9-15-7-6-13-12)16-11-4-2-10(8-14)3-5-11/h2-5,8,13H,6-7,9H2,1H3/t12-/m1/s1. The lowest BCUT2D eigenvalue weighted by molar-refractivity contribution is -0.0702. The number of morpholine rings is 1. The van der Waals surface area contributed by atoms with Crippen molar-refractivity contribution in [2.75, 3.05) is 19.8 Å². The molecule has 1 saturated heterocycles. The fourth-order valence-electron chi connectivity index (χ4n) is 1.65. The van der Waals surface area contributed by atoms with Gasteiger partial charge >= 0.3 is 0 Å². The number of aldehydes is 1. The van der Waals surface area contributed by atoms with E-state index in [4.69, 9.17) is 9.47 Å². The zero-order valence-electron chi connectivity index (χ0n) is 9.23. The molecule has 2 rings (SSSR count). The van der Waals surface area contributed by atoms with Gasteiger partial charge in [-0.3, -0.25) is 10.1 Å². The second-order valence-corrected chi connectivity index (χ2v) is 4.00. The topological polar surface area (TPSA) is 47.6 Å². The van der Waals surface area contributed by atoms with Crippen LogP contribution in [0.5, 0.6) is 5.75 Å². The summed E-state index contributed by atoms with van der Waals surface area (Å²) in [6.45, 7) is 3.95. The summed E-state index contributed by atoms with van der Waals surface area (Å²) in [4.78, 5) is 10.5. The van der Waals surface area contributed by atoms with Crippen molar-refractivity contribution in [2.45, 2.75) is 12.6 Å². The maximum absolute atomic E-state index is 10.5. The molecule has 1 heterocycles. The molecule has 0 aromatic heterocycles. The van der Waals surface area contributed by atoms with Gasteiger partial charge < -0.3 is 9.47 Å². The summed E-state index contributed by atoms with van der Waals surface area (Å²) in [5.41, 5.74) is 0.159. The van der Waals surface area contributed by atoms with Gasteiger partial charge in [0.15, 0.2) is 5.72 Å². The molecule has 1 aromatic carbocycles. The van der Waals surface area contributed by atoms with Crippen molar-refractivity contribution in [2.24, 2.45) is 0 Å². The molecule has 0 saturated carbocycles. The summed E-state index contributed by atoms with van der Waals surface area (Å²) in [5, 5.41) is 3.26. The van der Waals surface area contributed by atoms with E-state index in [-0.39, 0.29) is 0 Å². The van der Waals surface area contributed by atoms with Crippen LogP contribution in [0.4, 0.5) is 0 Å². The Morgan fingerprint density at radius 1 is 1.44 bits per heavy atom. The van der Waals surface area contributed by atoms with Crippen LogP contribution >= 0.6 is 0 Å². The Kier molecular flexibility index (Phi) is 3.22. The zero-order valence-corrected chi connectivity index (χ0v) is 9.23. The molecule has 0 amide bonds. The van der Waals surface area contributed by atoms with Crippen LogP contribution in [0.25, 0.3) is 0 Å². The van der Waals surface area contributed by atoms with E-state index >= 15 is 0 Å². The molecule has 0 bridgehead atoms. The molecule has 0 spiro atoms. The summed E-state index contributed by atoms with van der Waals surface area (Å²) >= 11 is 0. The molecule has 1 fully saturated rings. The molecule has 0 unspecified atom stereocenters. The fraction of sp³-hybridized carbons (Fsp3) is 0.417. The van der Waals surface area contributed by atoms with Gasteiger partial charge in [0.05, 0.1) is 6.61 Å². The first-order chi connectivity index (χ1) is 7.72. The van der Waals surface area contributed by atoms with E-state index < -0.39 is 5.72 Å². The van der Waals surface area contributed by atoms with Crippen LogP contribution in [0.3, 0.4) is 0 Å². The number of carbonyl (C=O) groups is 1. The Hall–Kier alpha value is -1.39.